The van der Waals surface area contributed by atoms with Gasteiger partial charge in [-0.2, -0.15) is 0 Å². The molecule has 0 radical (unpaired) electrons. The van der Waals surface area contributed by atoms with Crippen LogP contribution in [-0.2, 0) is 5.54 Å². The molecule has 0 bridgehead atoms. The maximum absolute atomic E-state index is 2.82. The van der Waals surface area contributed by atoms with Crippen molar-refractivity contribution in [3.63, 3.8) is 0 Å². The van der Waals surface area contributed by atoms with Gasteiger partial charge in [-0.1, -0.05) is 37.6 Å². The quantitative estimate of drug-likeness (QED) is 0.765. The summed E-state index contributed by atoms with van der Waals surface area (Å²) in [5, 5.41) is 0. The van der Waals surface area contributed by atoms with Crippen LogP contribution in [0.4, 0.5) is 0 Å². The average molecular weight is 329 g/mol. The molecule has 3 rings (SSSR count). The molecule has 1 aromatic carbocycles. The third kappa shape index (κ3) is 3.41. The number of likely N-dealkylation sites (tertiary alicyclic amines) is 1. The van der Waals surface area contributed by atoms with E-state index in [1.807, 2.05) is 0 Å². The highest BCUT2D eigenvalue weighted by atomic mass is 15.2. The fourth-order valence-corrected chi connectivity index (χ4v) is 5.34. The first-order valence-corrected chi connectivity index (χ1v) is 10.0. The van der Waals surface area contributed by atoms with E-state index in [9.17, 15) is 0 Å². The largest absolute Gasteiger partial charge is 0.300 e. The van der Waals surface area contributed by atoms with Gasteiger partial charge in [-0.05, 0) is 83.1 Å². The lowest BCUT2D eigenvalue weighted by Crippen LogP contribution is -2.48. The normalized spacial score (nSPS) is 31.7. The zero-order valence-electron chi connectivity index (χ0n) is 16.2. The number of hydrogen-bond donors (Lipinski definition) is 0. The van der Waals surface area contributed by atoms with Crippen LogP contribution in [0.2, 0.25) is 0 Å². The molecule has 2 fully saturated rings. The van der Waals surface area contributed by atoms with E-state index in [4.69, 9.17) is 0 Å². The second-order valence-corrected chi connectivity index (χ2v) is 8.41. The topological polar surface area (TPSA) is 6.48 Å². The van der Waals surface area contributed by atoms with Crippen molar-refractivity contribution in [3.8, 4) is 0 Å². The van der Waals surface area contributed by atoms with Gasteiger partial charge in [0.15, 0.2) is 0 Å². The van der Waals surface area contributed by atoms with Crippen LogP contribution in [0.5, 0.6) is 0 Å². The average Bonchev–Trinajstić information content (AvgIpc) is 3.04. The molecule has 1 atom stereocenters. The van der Waals surface area contributed by atoms with E-state index >= 15 is 0 Å². The molecule has 0 amide bonds. The van der Waals surface area contributed by atoms with Crippen LogP contribution < -0.4 is 0 Å². The summed E-state index contributed by atoms with van der Waals surface area (Å²) in [4.78, 5) is 5.31. The van der Waals surface area contributed by atoms with E-state index in [1.165, 1.54) is 63.6 Å². The van der Waals surface area contributed by atoms with Crippen molar-refractivity contribution in [2.24, 2.45) is 5.92 Å². The molecule has 0 aromatic heterocycles. The lowest BCUT2D eigenvalue weighted by atomic mass is 9.72. The highest BCUT2D eigenvalue weighted by molar-refractivity contribution is 5.33. The Kier molecular flexibility index (Phi) is 5.66. The SMILES string of the molecule is CCCC1CCN(C2CCC(c3ccccc3C)(N(C)C)CC2)C1. The molecule has 24 heavy (non-hydrogen) atoms. The minimum absolute atomic E-state index is 0.240. The minimum atomic E-state index is 0.240. The Labute approximate surface area is 149 Å². The molecule has 0 N–H and O–H groups in total. The Morgan fingerprint density at radius 3 is 2.46 bits per heavy atom. The molecular weight excluding hydrogens is 292 g/mol. The van der Waals surface area contributed by atoms with Gasteiger partial charge < -0.3 is 4.90 Å². The van der Waals surface area contributed by atoms with Crippen LogP contribution in [0.25, 0.3) is 0 Å². The Morgan fingerprint density at radius 2 is 1.83 bits per heavy atom. The van der Waals surface area contributed by atoms with Crippen molar-refractivity contribution in [1.82, 2.24) is 9.80 Å². The Bertz CT molecular complexity index is 529. The van der Waals surface area contributed by atoms with E-state index < -0.39 is 0 Å². The van der Waals surface area contributed by atoms with Gasteiger partial charge in [0.1, 0.15) is 0 Å². The van der Waals surface area contributed by atoms with E-state index in [2.05, 4.69) is 62.0 Å². The lowest BCUT2D eigenvalue weighted by molar-refractivity contribution is 0.0550. The molecule has 2 aliphatic rings. The molecule has 1 saturated carbocycles. The summed E-state index contributed by atoms with van der Waals surface area (Å²) < 4.78 is 0. The van der Waals surface area contributed by atoms with Crippen LogP contribution in [0.3, 0.4) is 0 Å². The van der Waals surface area contributed by atoms with Crippen LogP contribution in [0.15, 0.2) is 24.3 Å². The van der Waals surface area contributed by atoms with Gasteiger partial charge in [0.2, 0.25) is 0 Å². The summed E-state index contributed by atoms with van der Waals surface area (Å²) in [6.07, 6.45) is 9.50. The van der Waals surface area contributed by atoms with Gasteiger partial charge in [0, 0.05) is 18.1 Å². The Balaban J connectivity index is 1.69. The minimum Gasteiger partial charge on any atom is -0.300 e. The second kappa shape index (κ2) is 7.58. The monoisotopic (exact) mass is 328 g/mol. The first-order chi connectivity index (χ1) is 11.6. The molecule has 1 unspecified atom stereocenters. The van der Waals surface area contributed by atoms with Gasteiger partial charge in [-0.15, -0.1) is 0 Å². The third-order valence-electron chi connectivity index (χ3n) is 6.82. The molecule has 2 heteroatoms. The number of hydrogen-bond acceptors (Lipinski definition) is 2. The standard InChI is InChI=1S/C22H36N2/c1-5-8-19-13-16-24(17-19)20-11-14-22(15-12-20,23(3)4)21-10-7-6-9-18(21)2/h6-7,9-10,19-20H,5,8,11-17H2,1-4H3. The van der Waals surface area contributed by atoms with E-state index in [1.54, 1.807) is 5.56 Å². The zero-order chi connectivity index (χ0) is 17.2. The highest BCUT2D eigenvalue weighted by Gasteiger charge is 2.41. The fourth-order valence-electron chi connectivity index (χ4n) is 5.34. The molecule has 1 heterocycles. The number of rotatable bonds is 5. The molecule has 1 saturated heterocycles. The highest BCUT2D eigenvalue weighted by Crippen LogP contribution is 2.44. The molecule has 1 aromatic rings. The van der Waals surface area contributed by atoms with Gasteiger partial charge in [0.05, 0.1) is 0 Å². The van der Waals surface area contributed by atoms with Crippen LogP contribution in [0.1, 0.15) is 63.0 Å². The van der Waals surface area contributed by atoms with Gasteiger partial charge in [-0.3, -0.25) is 4.90 Å². The van der Waals surface area contributed by atoms with Crippen LogP contribution >= 0.6 is 0 Å². The van der Waals surface area contributed by atoms with Crippen molar-refractivity contribution >= 4 is 0 Å². The van der Waals surface area contributed by atoms with Crippen molar-refractivity contribution in [1.29, 1.82) is 0 Å². The van der Waals surface area contributed by atoms with Gasteiger partial charge in [0.25, 0.3) is 0 Å². The van der Waals surface area contributed by atoms with E-state index in [0.29, 0.717) is 0 Å². The predicted octanol–water partition coefficient (Wildman–Crippen LogP) is 4.82. The third-order valence-corrected chi connectivity index (χ3v) is 6.82. The summed E-state index contributed by atoms with van der Waals surface area (Å²) >= 11 is 0. The lowest BCUT2D eigenvalue weighted by Gasteiger charge is -2.48. The van der Waals surface area contributed by atoms with Crippen molar-refractivity contribution in [2.45, 2.75) is 70.4 Å². The van der Waals surface area contributed by atoms with Crippen molar-refractivity contribution in [2.75, 3.05) is 27.2 Å². The molecular formula is C22H36N2. The predicted molar refractivity (Wildman–Crippen MR) is 103 cm³/mol. The molecule has 1 aliphatic heterocycles. The second-order valence-electron chi connectivity index (χ2n) is 8.41. The fraction of sp³-hybridized carbons (Fsp3) is 0.727. The number of nitrogens with zero attached hydrogens (tertiary/aromatic N) is 2. The van der Waals surface area contributed by atoms with E-state index in [-0.39, 0.29) is 5.54 Å². The van der Waals surface area contributed by atoms with Gasteiger partial charge in [-0.25, -0.2) is 0 Å². The molecule has 1 aliphatic carbocycles. The summed E-state index contributed by atoms with van der Waals surface area (Å²) in [5.41, 5.74) is 3.25. The molecule has 2 nitrogen and oxygen atoms in total. The maximum atomic E-state index is 2.82. The summed E-state index contributed by atoms with van der Waals surface area (Å²) in [5.74, 6) is 0.965. The van der Waals surface area contributed by atoms with Gasteiger partial charge >= 0.3 is 0 Å². The smallest absolute Gasteiger partial charge is 0.0458 e. The maximum Gasteiger partial charge on any atom is 0.0458 e. The summed E-state index contributed by atoms with van der Waals surface area (Å²) in [6.45, 7) is 7.31. The van der Waals surface area contributed by atoms with E-state index in [0.717, 1.165) is 12.0 Å². The summed E-state index contributed by atoms with van der Waals surface area (Å²) in [6, 6.07) is 9.86. The number of benzene rings is 1. The molecule has 134 valence electrons. The van der Waals surface area contributed by atoms with Crippen LogP contribution in [-0.4, -0.2) is 43.0 Å². The van der Waals surface area contributed by atoms with Crippen molar-refractivity contribution < 1.29 is 0 Å². The molecule has 0 spiro atoms. The summed E-state index contributed by atoms with van der Waals surface area (Å²) in [7, 11) is 4.56. The Hall–Kier alpha value is -0.860. The Morgan fingerprint density at radius 1 is 1.12 bits per heavy atom. The van der Waals surface area contributed by atoms with Crippen LogP contribution in [0, 0.1) is 12.8 Å². The zero-order valence-corrected chi connectivity index (χ0v) is 16.2. The first kappa shape index (κ1) is 17.9. The van der Waals surface area contributed by atoms with Crippen molar-refractivity contribution in [3.05, 3.63) is 35.4 Å². The first-order valence-electron chi connectivity index (χ1n) is 10.0. The number of aryl methyl sites for hydroxylation is 1.